The molecular formula is C12H19N3O2. The number of nitrogens with one attached hydrogen (secondary N) is 2. The number of rotatable bonds is 4. The summed E-state index contributed by atoms with van der Waals surface area (Å²) in [6.45, 7) is 6.39. The van der Waals surface area contributed by atoms with E-state index in [-0.39, 0.29) is 5.91 Å². The molecule has 1 aliphatic heterocycles. The van der Waals surface area contributed by atoms with Crippen molar-refractivity contribution in [2.45, 2.75) is 26.7 Å². The van der Waals surface area contributed by atoms with Gasteiger partial charge in [-0.15, -0.1) is 0 Å². The van der Waals surface area contributed by atoms with Gasteiger partial charge in [-0.05, 0) is 38.8 Å². The Morgan fingerprint density at radius 1 is 1.59 bits per heavy atom. The molecule has 5 heteroatoms. The largest absolute Gasteiger partial charge is 0.436 e. The van der Waals surface area contributed by atoms with Crippen LogP contribution in [0.2, 0.25) is 0 Å². The van der Waals surface area contributed by atoms with Gasteiger partial charge in [0.1, 0.15) is 0 Å². The summed E-state index contributed by atoms with van der Waals surface area (Å²) in [5, 5.41) is 6.19. The first-order chi connectivity index (χ1) is 8.16. The average molecular weight is 237 g/mol. The molecule has 0 bridgehead atoms. The van der Waals surface area contributed by atoms with Crippen molar-refractivity contribution in [2.24, 2.45) is 5.92 Å². The van der Waals surface area contributed by atoms with Gasteiger partial charge in [0, 0.05) is 13.5 Å². The average Bonchev–Trinajstić information content (AvgIpc) is 2.88. The highest BCUT2D eigenvalue weighted by molar-refractivity contribution is 5.92. The summed E-state index contributed by atoms with van der Waals surface area (Å²) in [5.74, 6) is 1.40. The van der Waals surface area contributed by atoms with Crippen LogP contribution in [0.25, 0.3) is 0 Å². The van der Waals surface area contributed by atoms with E-state index in [9.17, 15) is 4.79 Å². The zero-order chi connectivity index (χ0) is 12.3. The van der Waals surface area contributed by atoms with E-state index in [0.29, 0.717) is 29.8 Å². The monoisotopic (exact) mass is 237 g/mol. The summed E-state index contributed by atoms with van der Waals surface area (Å²) in [6.07, 6.45) is 2.22. The third-order valence-corrected chi connectivity index (χ3v) is 3.11. The zero-order valence-electron chi connectivity index (χ0n) is 10.4. The van der Waals surface area contributed by atoms with E-state index in [1.54, 1.807) is 13.8 Å². The van der Waals surface area contributed by atoms with E-state index in [0.717, 1.165) is 19.5 Å². The molecule has 1 fully saturated rings. The maximum atomic E-state index is 11.8. The first kappa shape index (κ1) is 12.1. The molecule has 5 nitrogen and oxygen atoms in total. The quantitative estimate of drug-likeness (QED) is 0.820. The third kappa shape index (κ3) is 3.06. The molecule has 17 heavy (non-hydrogen) atoms. The second-order valence-corrected chi connectivity index (χ2v) is 4.55. The molecule has 1 saturated heterocycles. The fourth-order valence-corrected chi connectivity index (χ4v) is 2.17. The summed E-state index contributed by atoms with van der Waals surface area (Å²) >= 11 is 0. The molecule has 2 heterocycles. The van der Waals surface area contributed by atoms with Crippen LogP contribution in [0, 0.1) is 19.8 Å². The normalized spacial score (nSPS) is 19.5. The van der Waals surface area contributed by atoms with Crippen molar-refractivity contribution < 1.29 is 9.21 Å². The Morgan fingerprint density at radius 2 is 2.41 bits per heavy atom. The lowest BCUT2D eigenvalue weighted by molar-refractivity contribution is 0.0922. The number of hydrogen-bond donors (Lipinski definition) is 2. The molecular weight excluding hydrogens is 218 g/mol. The SMILES string of the molecule is Cc1nc(C)c(C(=O)NCCC2CCNC2)o1. The number of amides is 1. The van der Waals surface area contributed by atoms with Crippen molar-refractivity contribution in [1.29, 1.82) is 0 Å². The zero-order valence-corrected chi connectivity index (χ0v) is 10.4. The van der Waals surface area contributed by atoms with Gasteiger partial charge in [0.15, 0.2) is 5.89 Å². The summed E-state index contributed by atoms with van der Waals surface area (Å²) in [4.78, 5) is 15.9. The van der Waals surface area contributed by atoms with Crippen molar-refractivity contribution in [3.05, 3.63) is 17.3 Å². The minimum Gasteiger partial charge on any atom is -0.436 e. The number of oxazole rings is 1. The lowest BCUT2D eigenvalue weighted by Crippen LogP contribution is -2.26. The first-order valence-corrected chi connectivity index (χ1v) is 6.09. The van der Waals surface area contributed by atoms with Gasteiger partial charge in [-0.1, -0.05) is 0 Å². The molecule has 1 aromatic heterocycles. The van der Waals surface area contributed by atoms with E-state index in [1.165, 1.54) is 6.42 Å². The van der Waals surface area contributed by atoms with Gasteiger partial charge in [0.05, 0.1) is 5.69 Å². The van der Waals surface area contributed by atoms with Crippen LogP contribution in [0.1, 0.15) is 35.0 Å². The molecule has 1 amide bonds. The highest BCUT2D eigenvalue weighted by Crippen LogP contribution is 2.12. The van der Waals surface area contributed by atoms with E-state index in [2.05, 4.69) is 15.6 Å². The predicted octanol–water partition coefficient (Wildman–Crippen LogP) is 1.02. The molecule has 94 valence electrons. The molecule has 0 aliphatic carbocycles. The maximum absolute atomic E-state index is 11.8. The van der Waals surface area contributed by atoms with Crippen molar-refractivity contribution >= 4 is 5.91 Å². The van der Waals surface area contributed by atoms with Gasteiger partial charge in [-0.25, -0.2) is 4.98 Å². The molecule has 0 aromatic carbocycles. The molecule has 1 atom stereocenters. The van der Waals surface area contributed by atoms with Crippen LogP contribution in [0.3, 0.4) is 0 Å². The summed E-state index contributed by atoms with van der Waals surface area (Å²) in [6, 6.07) is 0. The van der Waals surface area contributed by atoms with Crippen LogP contribution < -0.4 is 10.6 Å². The van der Waals surface area contributed by atoms with E-state index in [1.807, 2.05) is 0 Å². The Kier molecular flexibility index (Phi) is 3.78. The number of carbonyl (C=O) groups is 1. The predicted molar refractivity (Wildman–Crippen MR) is 63.9 cm³/mol. The first-order valence-electron chi connectivity index (χ1n) is 6.09. The van der Waals surface area contributed by atoms with Crippen LogP contribution in [0.15, 0.2) is 4.42 Å². The second-order valence-electron chi connectivity index (χ2n) is 4.55. The van der Waals surface area contributed by atoms with E-state index in [4.69, 9.17) is 4.42 Å². The van der Waals surface area contributed by atoms with Gasteiger partial charge in [-0.3, -0.25) is 4.79 Å². The van der Waals surface area contributed by atoms with Crippen molar-refractivity contribution in [3.8, 4) is 0 Å². The Bertz CT molecular complexity index is 394. The Balaban J connectivity index is 1.78. The minimum atomic E-state index is -0.158. The third-order valence-electron chi connectivity index (χ3n) is 3.11. The molecule has 0 spiro atoms. The van der Waals surface area contributed by atoms with Gasteiger partial charge in [-0.2, -0.15) is 0 Å². The molecule has 1 aromatic rings. The number of hydrogen-bond acceptors (Lipinski definition) is 4. The fraction of sp³-hybridized carbons (Fsp3) is 0.667. The smallest absolute Gasteiger partial charge is 0.289 e. The molecule has 2 N–H and O–H groups in total. The van der Waals surface area contributed by atoms with Crippen molar-refractivity contribution in [3.63, 3.8) is 0 Å². The second kappa shape index (κ2) is 5.31. The van der Waals surface area contributed by atoms with Crippen LogP contribution in [0.5, 0.6) is 0 Å². The Morgan fingerprint density at radius 3 is 3.00 bits per heavy atom. The van der Waals surface area contributed by atoms with Crippen LogP contribution in [-0.2, 0) is 0 Å². The Labute approximate surface area is 101 Å². The Hall–Kier alpha value is -1.36. The van der Waals surface area contributed by atoms with Crippen LogP contribution in [-0.4, -0.2) is 30.5 Å². The number of aromatic nitrogens is 1. The molecule has 0 radical (unpaired) electrons. The van der Waals surface area contributed by atoms with Gasteiger partial charge < -0.3 is 15.1 Å². The minimum absolute atomic E-state index is 0.158. The van der Waals surface area contributed by atoms with Gasteiger partial charge in [0.2, 0.25) is 5.76 Å². The van der Waals surface area contributed by atoms with E-state index < -0.39 is 0 Å². The molecule has 0 saturated carbocycles. The standard InChI is InChI=1S/C12H19N3O2/c1-8-11(17-9(2)15-8)12(16)14-6-4-10-3-5-13-7-10/h10,13H,3-7H2,1-2H3,(H,14,16). The lowest BCUT2D eigenvalue weighted by Gasteiger charge is -2.08. The van der Waals surface area contributed by atoms with Gasteiger partial charge >= 0.3 is 0 Å². The highest BCUT2D eigenvalue weighted by Gasteiger charge is 2.17. The highest BCUT2D eigenvalue weighted by atomic mass is 16.4. The van der Waals surface area contributed by atoms with Crippen LogP contribution in [0.4, 0.5) is 0 Å². The van der Waals surface area contributed by atoms with Crippen LogP contribution >= 0.6 is 0 Å². The number of nitrogens with zero attached hydrogens (tertiary/aromatic N) is 1. The lowest BCUT2D eigenvalue weighted by atomic mass is 10.1. The number of aryl methyl sites for hydroxylation is 2. The maximum Gasteiger partial charge on any atom is 0.289 e. The summed E-state index contributed by atoms with van der Waals surface area (Å²) in [5.41, 5.74) is 0.655. The van der Waals surface area contributed by atoms with E-state index >= 15 is 0 Å². The topological polar surface area (TPSA) is 67.2 Å². The fourth-order valence-electron chi connectivity index (χ4n) is 2.17. The number of carbonyl (C=O) groups excluding carboxylic acids is 1. The molecule has 1 unspecified atom stereocenters. The molecule has 2 rings (SSSR count). The van der Waals surface area contributed by atoms with Gasteiger partial charge in [0.25, 0.3) is 5.91 Å². The van der Waals surface area contributed by atoms with Crippen molar-refractivity contribution in [2.75, 3.05) is 19.6 Å². The summed E-state index contributed by atoms with van der Waals surface area (Å²) < 4.78 is 5.26. The van der Waals surface area contributed by atoms with Crippen molar-refractivity contribution in [1.82, 2.24) is 15.6 Å². The summed E-state index contributed by atoms with van der Waals surface area (Å²) in [7, 11) is 0. The molecule has 1 aliphatic rings.